The molecule has 0 aliphatic carbocycles. The summed E-state index contributed by atoms with van der Waals surface area (Å²) in [6, 6.07) is 4.04. The minimum Gasteiger partial charge on any atom is -0.342 e. The van der Waals surface area contributed by atoms with Crippen LogP contribution in [0.1, 0.15) is 52.1 Å². The van der Waals surface area contributed by atoms with E-state index in [1.807, 2.05) is 0 Å². The molecular formula is C20H18F6N6O. The van der Waals surface area contributed by atoms with Crippen molar-refractivity contribution in [1.29, 1.82) is 0 Å². The topological polar surface area (TPSA) is 77.6 Å². The second kappa shape index (κ2) is 7.89. The Kier molecular flexibility index (Phi) is 5.45. The molecule has 1 unspecified atom stereocenters. The highest BCUT2D eigenvalue weighted by molar-refractivity contribution is 5.93. The van der Waals surface area contributed by atoms with Gasteiger partial charge in [0, 0.05) is 30.9 Å². The van der Waals surface area contributed by atoms with Crippen LogP contribution in [0.4, 0.5) is 26.3 Å². The normalized spacial score (nSPS) is 16.5. The number of aromatic nitrogens is 5. The van der Waals surface area contributed by atoms with Crippen molar-refractivity contribution in [2.45, 2.75) is 44.7 Å². The van der Waals surface area contributed by atoms with Crippen LogP contribution in [0.5, 0.6) is 0 Å². The highest BCUT2D eigenvalue weighted by Gasteiger charge is 2.36. The summed E-state index contributed by atoms with van der Waals surface area (Å²) in [5.41, 5.74) is -1.26. The average Bonchev–Trinajstić information content (AvgIpc) is 3.31. The van der Waals surface area contributed by atoms with Crippen molar-refractivity contribution in [3.63, 3.8) is 0 Å². The van der Waals surface area contributed by atoms with Gasteiger partial charge in [0.2, 0.25) is 0 Å². The van der Waals surface area contributed by atoms with Crippen molar-refractivity contribution >= 4 is 5.91 Å². The van der Waals surface area contributed by atoms with E-state index in [-0.39, 0.29) is 22.6 Å². The SMILES string of the molecule is Cc1cc(-c2cc3n(n2)CCCC3NC(=O)c2cc(C(F)(F)F)nn2C)cc(C(F)(F)F)n1. The number of pyridine rings is 1. The number of amides is 1. The van der Waals surface area contributed by atoms with Crippen LogP contribution in [0, 0.1) is 6.92 Å². The average molecular weight is 472 g/mol. The van der Waals surface area contributed by atoms with Crippen LogP contribution >= 0.6 is 0 Å². The van der Waals surface area contributed by atoms with Crippen LogP contribution in [0.2, 0.25) is 0 Å². The molecule has 0 saturated carbocycles. The fraction of sp³-hybridized carbons (Fsp3) is 0.400. The summed E-state index contributed by atoms with van der Waals surface area (Å²) in [6.45, 7) is 1.93. The predicted octanol–water partition coefficient (Wildman–Crippen LogP) is 4.29. The molecule has 176 valence electrons. The number of rotatable bonds is 3. The fourth-order valence-electron chi connectivity index (χ4n) is 3.78. The van der Waals surface area contributed by atoms with Gasteiger partial charge < -0.3 is 5.32 Å². The molecule has 4 heterocycles. The quantitative estimate of drug-likeness (QED) is 0.577. The zero-order chi connectivity index (χ0) is 24.1. The van der Waals surface area contributed by atoms with Crippen LogP contribution in [-0.4, -0.2) is 30.5 Å². The van der Waals surface area contributed by atoms with Gasteiger partial charge in [0.15, 0.2) is 5.69 Å². The van der Waals surface area contributed by atoms with Gasteiger partial charge >= 0.3 is 12.4 Å². The van der Waals surface area contributed by atoms with Crippen molar-refractivity contribution < 1.29 is 31.1 Å². The molecule has 0 radical (unpaired) electrons. The lowest BCUT2D eigenvalue weighted by molar-refractivity contribution is -0.142. The Bertz CT molecular complexity index is 1210. The number of nitrogens with zero attached hydrogens (tertiary/aromatic N) is 5. The van der Waals surface area contributed by atoms with Gasteiger partial charge in [-0.1, -0.05) is 0 Å². The van der Waals surface area contributed by atoms with Gasteiger partial charge in [0.1, 0.15) is 11.4 Å². The largest absolute Gasteiger partial charge is 0.435 e. The summed E-state index contributed by atoms with van der Waals surface area (Å²) in [4.78, 5) is 16.2. The van der Waals surface area contributed by atoms with Crippen molar-refractivity contribution in [1.82, 2.24) is 29.9 Å². The van der Waals surface area contributed by atoms with Gasteiger partial charge in [0.05, 0.1) is 17.4 Å². The van der Waals surface area contributed by atoms with Gasteiger partial charge in [-0.15, -0.1) is 0 Å². The Hall–Kier alpha value is -3.38. The molecule has 0 bridgehead atoms. The molecule has 1 aliphatic rings. The lowest BCUT2D eigenvalue weighted by Gasteiger charge is -2.24. The maximum Gasteiger partial charge on any atom is 0.435 e. The van der Waals surface area contributed by atoms with Crippen LogP contribution in [0.25, 0.3) is 11.3 Å². The Morgan fingerprint density at radius 1 is 1.03 bits per heavy atom. The molecule has 0 saturated heterocycles. The summed E-state index contributed by atoms with van der Waals surface area (Å²) >= 11 is 0. The first-order valence-corrected chi connectivity index (χ1v) is 9.89. The van der Waals surface area contributed by atoms with Crippen LogP contribution in [-0.2, 0) is 25.9 Å². The van der Waals surface area contributed by atoms with Gasteiger partial charge in [-0.3, -0.25) is 14.2 Å². The van der Waals surface area contributed by atoms with E-state index in [9.17, 15) is 31.1 Å². The lowest BCUT2D eigenvalue weighted by Crippen LogP contribution is -2.33. The minimum absolute atomic E-state index is 0.173. The Morgan fingerprint density at radius 2 is 1.73 bits per heavy atom. The second-order valence-corrected chi connectivity index (χ2v) is 7.76. The summed E-state index contributed by atoms with van der Waals surface area (Å²) in [5.74, 6) is -0.749. The summed E-state index contributed by atoms with van der Waals surface area (Å²) in [5, 5.41) is 10.4. The first kappa shape index (κ1) is 22.8. The number of fused-ring (bicyclic) bond motifs is 1. The first-order chi connectivity index (χ1) is 15.3. The lowest BCUT2D eigenvalue weighted by atomic mass is 10.0. The standard InChI is InChI=1S/C20H18F6N6O/c1-10-6-11(7-16(27-10)19(21,22)23)13-8-14-12(4-3-5-32(14)29-13)28-18(33)15-9-17(20(24,25)26)30-31(15)2/h6-9,12H,3-5H2,1-2H3,(H,28,33). The molecule has 0 fully saturated rings. The number of hydrogen-bond donors (Lipinski definition) is 1. The van der Waals surface area contributed by atoms with Crippen molar-refractivity contribution in [2.24, 2.45) is 7.05 Å². The van der Waals surface area contributed by atoms with E-state index < -0.39 is 35.7 Å². The Morgan fingerprint density at radius 3 is 2.36 bits per heavy atom. The van der Waals surface area contributed by atoms with Gasteiger partial charge in [0.25, 0.3) is 5.91 Å². The summed E-state index contributed by atoms with van der Waals surface area (Å²) in [6.07, 6.45) is -8.20. The second-order valence-electron chi connectivity index (χ2n) is 7.76. The first-order valence-electron chi connectivity index (χ1n) is 9.89. The smallest absolute Gasteiger partial charge is 0.342 e. The maximum absolute atomic E-state index is 13.2. The zero-order valence-corrected chi connectivity index (χ0v) is 17.4. The van der Waals surface area contributed by atoms with E-state index in [1.165, 1.54) is 20.0 Å². The Balaban J connectivity index is 1.62. The van der Waals surface area contributed by atoms with Crippen LogP contribution < -0.4 is 5.32 Å². The number of nitrogens with one attached hydrogen (secondary N) is 1. The molecule has 1 atom stereocenters. The monoisotopic (exact) mass is 472 g/mol. The number of hydrogen-bond acceptors (Lipinski definition) is 4. The molecule has 3 aromatic heterocycles. The van der Waals surface area contributed by atoms with E-state index >= 15 is 0 Å². The molecule has 3 aromatic rings. The number of carbonyl (C=O) groups is 1. The molecule has 1 N–H and O–H groups in total. The van der Waals surface area contributed by atoms with Gasteiger partial charge in [-0.25, -0.2) is 4.98 Å². The fourth-order valence-corrected chi connectivity index (χ4v) is 3.78. The molecule has 1 amide bonds. The highest BCUT2D eigenvalue weighted by Crippen LogP contribution is 2.34. The minimum atomic E-state index is -4.69. The maximum atomic E-state index is 13.2. The van der Waals surface area contributed by atoms with E-state index in [4.69, 9.17) is 0 Å². The van der Waals surface area contributed by atoms with Crippen molar-refractivity contribution in [2.75, 3.05) is 0 Å². The highest BCUT2D eigenvalue weighted by atomic mass is 19.4. The number of alkyl halides is 6. The summed E-state index contributed by atoms with van der Waals surface area (Å²) < 4.78 is 80.6. The third kappa shape index (κ3) is 4.57. The molecule has 7 nitrogen and oxygen atoms in total. The van der Waals surface area contributed by atoms with Crippen LogP contribution in [0.15, 0.2) is 24.3 Å². The van der Waals surface area contributed by atoms with E-state index in [0.29, 0.717) is 31.1 Å². The molecular weight excluding hydrogens is 454 g/mol. The predicted molar refractivity (Wildman–Crippen MR) is 103 cm³/mol. The van der Waals surface area contributed by atoms with E-state index in [0.717, 1.165) is 10.7 Å². The van der Waals surface area contributed by atoms with E-state index in [2.05, 4.69) is 20.5 Å². The van der Waals surface area contributed by atoms with Gasteiger partial charge in [-0.2, -0.15) is 36.5 Å². The van der Waals surface area contributed by atoms with Gasteiger partial charge in [-0.05, 0) is 38.0 Å². The molecule has 0 aromatic carbocycles. The van der Waals surface area contributed by atoms with Crippen molar-refractivity contribution in [3.05, 3.63) is 52.7 Å². The molecule has 1 aliphatic heterocycles. The third-order valence-corrected chi connectivity index (χ3v) is 5.28. The number of carbonyl (C=O) groups excluding carboxylic acids is 1. The number of halogens is 6. The zero-order valence-electron chi connectivity index (χ0n) is 17.4. The third-order valence-electron chi connectivity index (χ3n) is 5.28. The molecule has 33 heavy (non-hydrogen) atoms. The summed E-state index contributed by atoms with van der Waals surface area (Å²) in [7, 11) is 1.23. The van der Waals surface area contributed by atoms with Crippen molar-refractivity contribution in [3.8, 4) is 11.3 Å². The molecule has 4 rings (SSSR count). The molecule has 13 heteroatoms. The Labute approximate surface area is 183 Å². The molecule has 0 spiro atoms. The van der Waals surface area contributed by atoms with Crippen LogP contribution in [0.3, 0.4) is 0 Å². The van der Waals surface area contributed by atoms with E-state index in [1.54, 1.807) is 10.7 Å². The number of aryl methyl sites for hydroxylation is 3.